The Bertz CT molecular complexity index is 1230. The van der Waals surface area contributed by atoms with Gasteiger partial charge in [0, 0.05) is 13.5 Å². The lowest BCUT2D eigenvalue weighted by molar-refractivity contribution is -0.152. The number of ether oxygens (including phenoxy) is 3. The van der Waals surface area contributed by atoms with Crippen LogP contribution in [-0.4, -0.2) is 62.3 Å². The fourth-order valence-corrected chi connectivity index (χ4v) is 5.33. The molecule has 39 heavy (non-hydrogen) atoms. The number of fused-ring (bicyclic) bond motifs is 10. The molecule has 0 unspecified atom stereocenters. The van der Waals surface area contributed by atoms with Crippen LogP contribution in [-0.2, 0) is 29.4 Å². The minimum Gasteiger partial charge on any atom is -0.467 e. The first kappa shape index (κ1) is 28.4. The first-order valence-corrected chi connectivity index (χ1v) is 13.3. The van der Waals surface area contributed by atoms with Crippen LogP contribution in [0.2, 0.25) is 0 Å². The van der Waals surface area contributed by atoms with Crippen molar-refractivity contribution < 1.29 is 28.6 Å². The Balaban J connectivity index is 1.80. The molecule has 1 saturated heterocycles. The van der Waals surface area contributed by atoms with Crippen LogP contribution in [0.25, 0.3) is 17.2 Å². The third kappa shape index (κ3) is 6.01. The molecule has 1 fully saturated rings. The topological polar surface area (TPSA) is 94.2 Å². The van der Waals surface area contributed by atoms with Crippen LogP contribution in [0, 0.1) is 5.41 Å². The average molecular weight is 535 g/mol. The number of hydrogen-bond acceptors (Lipinski definition) is 6. The molecule has 1 N–H and O–H groups in total. The molecule has 8 heteroatoms. The third-order valence-corrected chi connectivity index (χ3v) is 7.58. The SMILES string of the molecule is COC(=O)[C@@H]1C[C@]2(OC)CN1C(=O)[C@H](C(C)(C)C)NC(=O)OCCC/C=C/c1ccccc1-c1ccc2cc1. The lowest BCUT2D eigenvalue weighted by atomic mass is 9.85. The largest absolute Gasteiger partial charge is 0.467 e. The van der Waals surface area contributed by atoms with E-state index >= 15 is 0 Å². The second-order valence-electron chi connectivity index (χ2n) is 11.2. The maximum atomic E-state index is 14.0. The summed E-state index contributed by atoms with van der Waals surface area (Å²) >= 11 is 0. The van der Waals surface area contributed by atoms with Crippen molar-refractivity contribution in [3.05, 3.63) is 65.7 Å². The lowest BCUT2D eigenvalue weighted by Gasteiger charge is -2.35. The first-order valence-electron chi connectivity index (χ1n) is 13.3. The van der Waals surface area contributed by atoms with Crippen LogP contribution in [0.4, 0.5) is 4.79 Å². The summed E-state index contributed by atoms with van der Waals surface area (Å²) in [5.41, 5.74) is 2.49. The van der Waals surface area contributed by atoms with Gasteiger partial charge in [-0.15, -0.1) is 0 Å². The van der Waals surface area contributed by atoms with Crippen molar-refractivity contribution in [3.8, 4) is 11.1 Å². The number of alkyl carbamates (subject to hydrolysis) is 1. The zero-order valence-corrected chi connectivity index (χ0v) is 23.4. The number of amides is 2. The predicted octanol–water partition coefficient (Wildman–Crippen LogP) is 4.92. The fourth-order valence-electron chi connectivity index (χ4n) is 5.33. The Morgan fingerprint density at radius 2 is 1.79 bits per heavy atom. The predicted molar refractivity (Wildman–Crippen MR) is 149 cm³/mol. The van der Waals surface area contributed by atoms with Gasteiger partial charge in [-0.2, -0.15) is 0 Å². The van der Waals surface area contributed by atoms with Crippen LogP contribution in [0.15, 0.2) is 54.6 Å². The molecule has 2 aromatic carbocycles. The van der Waals surface area contributed by atoms with Gasteiger partial charge in [0.1, 0.15) is 17.7 Å². The molecule has 0 aliphatic carbocycles. The summed E-state index contributed by atoms with van der Waals surface area (Å²) in [7, 11) is 2.89. The summed E-state index contributed by atoms with van der Waals surface area (Å²) < 4.78 is 16.6. The van der Waals surface area contributed by atoms with Crippen molar-refractivity contribution in [2.24, 2.45) is 5.41 Å². The van der Waals surface area contributed by atoms with Gasteiger partial charge in [0.05, 0.1) is 20.3 Å². The Morgan fingerprint density at radius 3 is 2.46 bits per heavy atom. The van der Waals surface area contributed by atoms with Crippen molar-refractivity contribution in [3.63, 3.8) is 0 Å². The smallest absolute Gasteiger partial charge is 0.407 e. The maximum Gasteiger partial charge on any atom is 0.407 e. The summed E-state index contributed by atoms with van der Waals surface area (Å²) in [5.74, 6) is -0.919. The van der Waals surface area contributed by atoms with Gasteiger partial charge >= 0.3 is 12.1 Å². The molecule has 0 radical (unpaired) electrons. The summed E-state index contributed by atoms with van der Waals surface area (Å²) in [6.45, 7) is 5.92. The van der Waals surface area contributed by atoms with E-state index in [2.05, 4.69) is 29.6 Å². The second-order valence-corrected chi connectivity index (χ2v) is 11.2. The van der Waals surface area contributed by atoms with E-state index < -0.39 is 35.2 Å². The van der Waals surface area contributed by atoms with Crippen LogP contribution >= 0.6 is 0 Å². The maximum absolute atomic E-state index is 14.0. The lowest BCUT2D eigenvalue weighted by Crippen LogP contribution is -2.57. The molecular weight excluding hydrogens is 496 g/mol. The van der Waals surface area contributed by atoms with Gasteiger partial charge in [-0.1, -0.05) is 81.5 Å². The summed E-state index contributed by atoms with van der Waals surface area (Å²) in [5, 5.41) is 2.76. The first-order chi connectivity index (χ1) is 18.6. The van der Waals surface area contributed by atoms with Gasteiger partial charge in [0.25, 0.3) is 0 Å². The van der Waals surface area contributed by atoms with Crippen molar-refractivity contribution in [1.82, 2.24) is 10.2 Å². The van der Waals surface area contributed by atoms with Crippen molar-refractivity contribution in [2.45, 2.75) is 57.7 Å². The minimum absolute atomic E-state index is 0.129. The van der Waals surface area contributed by atoms with Gasteiger partial charge in [0.2, 0.25) is 5.91 Å². The number of methoxy groups -OCH3 is 2. The van der Waals surface area contributed by atoms with E-state index in [0.717, 1.165) is 28.7 Å². The average Bonchev–Trinajstić information content (AvgIpc) is 3.33. The van der Waals surface area contributed by atoms with E-state index in [4.69, 9.17) is 14.2 Å². The Labute approximate surface area is 230 Å². The highest BCUT2D eigenvalue weighted by molar-refractivity contribution is 5.91. The number of allylic oxidation sites excluding steroid dienone is 1. The van der Waals surface area contributed by atoms with E-state index in [1.165, 1.54) is 12.0 Å². The molecule has 208 valence electrons. The fraction of sp³-hybridized carbons (Fsp3) is 0.452. The van der Waals surface area contributed by atoms with E-state index in [1.807, 2.05) is 57.2 Å². The van der Waals surface area contributed by atoms with E-state index in [1.54, 1.807) is 7.11 Å². The summed E-state index contributed by atoms with van der Waals surface area (Å²) in [4.78, 5) is 41.1. The number of carbonyl (C=O) groups excluding carboxylic acids is 3. The Hall–Kier alpha value is -3.65. The quantitative estimate of drug-likeness (QED) is 0.550. The zero-order chi connectivity index (χ0) is 28.2. The molecule has 3 atom stereocenters. The third-order valence-electron chi connectivity index (χ3n) is 7.58. The molecule has 3 aliphatic rings. The number of esters is 1. The molecule has 4 bridgehead atoms. The van der Waals surface area contributed by atoms with Crippen LogP contribution < -0.4 is 5.32 Å². The minimum atomic E-state index is -0.932. The highest BCUT2D eigenvalue weighted by Gasteiger charge is 2.53. The molecule has 0 spiro atoms. The van der Waals surface area contributed by atoms with Gasteiger partial charge in [-0.25, -0.2) is 9.59 Å². The summed E-state index contributed by atoms with van der Waals surface area (Å²) in [6, 6.07) is 14.4. The molecule has 3 heterocycles. The molecule has 5 rings (SSSR count). The molecule has 0 saturated carbocycles. The Kier molecular flexibility index (Phi) is 8.45. The van der Waals surface area contributed by atoms with Crippen molar-refractivity contribution in [2.75, 3.05) is 27.4 Å². The standard InChI is InChI=1S/C31H38N2O6/c1-30(2,3)26-27(34)33-20-31(38-5,19-25(33)28(35)37-4)23-16-14-22(15-17-23)24-13-9-8-12-21(24)11-7-6-10-18-39-29(36)32-26/h7-9,11-17,25-26H,6,10,18-20H2,1-5H3,(H,32,36)/b11-7+/t25-,26+,31-/m0/s1. The normalized spacial score (nSPS) is 25.0. The van der Waals surface area contributed by atoms with E-state index in [0.29, 0.717) is 6.42 Å². The molecule has 3 aliphatic heterocycles. The molecule has 2 aromatic rings. The summed E-state index contributed by atoms with van der Waals surface area (Å²) in [6.07, 6.45) is 5.08. The van der Waals surface area contributed by atoms with E-state index in [9.17, 15) is 14.4 Å². The van der Waals surface area contributed by atoms with Crippen LogP contribution in [0.1, 0.15) is 51.2 Å². The van der Waals surface area contributed by atoms with Gasteiger partial charge in [-0.3, -0.25) is 4.79 Å². The van der Waals surface area contributed by atoms with Crippen LogP contribution in [0.5, 0.6) is 0 Å². The highest BCUT2D eigenvalue weighted by atomic mass is 16.5. The van der Waals surface area contributed by atoms with Gasteiger partial charge in [-0.05, 0) is 40.5 Å². The molecule has 2 amide bonds. The number of hydrogen-bond donors (Lipinski definition) is 1. The number of benzene rings is 2. The monoisotopic (exact) mass is 534 g/mol. The van der Waals surface area contributed by atoms with Gasteiger partial charge < -0.3 is 24.4 Å². The van der Waals surface area contributed by atoms with Crippen LogP contribution in [0.3, 0.4) is 0 Å². The van der Waals surface area contributed by atoms with Crippen molar-refractivity contribution in [1.29, 1.82) is 0 Å². The molecule has 0 aromatic heterocycles. The highest BCUT2D eigenvalue weighted by Crippen LogP contribution is 2.41. The van der Waals surface area contributed by atoms with Gasteiger partial charge in [0.15, 0.2) is 0 Å². The Morgan fingerprint density at radius 1 is 1.08 bits per heavy atom. The zero-order valence-electron chi connectivity index (χ0n) is 23.4. The molecular formula is C31H38N2O6. The number of nitrogens with zero attached hydrogens (tertiary/aromatic N) is 1. The number of rotatable bonds is 2. The number of carbonyl (C=O) groups is 3. The van der Waals surface area contributed by atoms with Crippen molar-refractivity contribution >= 4 is 24.0 Å². The second kappa shape index (κ2) is 11.6. The molecule has 8 nitrogen and oxygen atoms in total. The number of nitrogens with one attached hydrogen (secondary N) is 1. The van der Waals surface area contributed by atoms with E-state index in [-0.39, 0.29) is 25.5 Å².